The molecule has 128 valence electrons. The van der Waals surface area contributed by atoms with E-state index >= 15 is 0 Å². The lowest BCUT2D eigenvalue weighted by Gasteiger charge is -2.26. The third-order valence-corrected chi connectivity index (χ3v) is 3.15. The molecule has 3 amide bonds. The summed E-state index contributed by atoms with van der Waals surface area (Å²) in [6, 6.07) is 6.43. The highest BCUT2D eigenvalue weighted by atomic mass is 16.6. The van der Waals surface area contributed by atoms with E-state index < -0.39 is 23.5 Å². The molecule has 0 saturated carbocycles. The highest BCUT2D eigenvalue weighted by Gasteiger charge is 2.27. The summed E-state index contributed by atoms with van der Waals surface area (Å²) < 4.78 is 5.09. The van der Waals surface area contributed by atoms with E-state index in [4.69, 9.17) is 10.1 Å². The standard InChI is InChI=1S/C16H20N4O4/c1-16(2,3)24-15(23)19-12(17)10-4-6-11(7-5-10)20-9-8-18-13(21)14(20)22/h4-7H,8-9H2,1-3H3,(H,18,21)(H2,17,19,23). The number of ether oxygens (including phenoxy) is 1. The van der Waals surface area contributed by atoms with Gasteiger partial charge in [-0.2, -0.15) is 0 Å². The zero-order valence-corrected chi connectivity index (χ0v) is 13.8. The van der Waals surface area contributed by atoms with Crippen molar-refractivity contribution in [3.63, 3.8) is 0 Å². The fourth-order valence-corrected chi connectivity index (χ4v) is 2.11. The third kappa shape index (κ3) is 4.31. The molecule has 0 spiro atoms. The van der Waals surface area contributed by atoms with Crippen LogP contribution in [0.1, 0.15) is 26.3 Å². The molecule has 1 fully saturated rings. The first kappa shape index (κ1) is 17.5. The van der Waals surface area contributed by atoms with Gasteiger partial charge in [-0.1, -0.05) is 0 Å². The lowest BCUT2D eigenvalue weighted by atomic mass is 10.1. The number of rotatable bonds is 2. The first-order chi connectivity index (χ1) is 11.2. The number of amidine groups is 1. The van der Waals surface area contributed by atoms with Gasteiger partial charge in [-0.05, 0) is 45.0 Å². The molecule has 1 aromatic rings. The number of hydrogen-bond donors (Lipinski definition) is 3. The highest BCUT2D eigenvalue weighted by molar-refractivity contribution is 6.41. The van der Waals surface area contributed by atoms with Gasteiger partial charge < -0.3 is 15.0 Å². The van der Waals surface area contributed by atoms with Crippen LogP contribution < -0.4 is 15.5 Å². The molecule has 0 atom stereocenters. The average Bonchev–Trinajstić information content (AvgIpc) is 2.48. The van der Waals surface area contributed by atoms with Crippen LogP contribution in [0.3, 0.4) is 0 Å². The molecule has 1 heterocycles. The molecule has 1 aromatic carbocycles. The minimum Gasteiger partial charge on any atom is -0.444 e. The maximum Gasteiger partial charge on any atom is 0.413 e. The van der Waals surface area contributed by atoms with Crippen molar-refractivity contribution in [2.24, 2.45) is 0 Å². The number of anilines is 1. The second-order valence-electron chi connectivity index (χ2n) is 6.26. The van der Waals surface area contributed by atoms with Crippen LogP contribution >= 0.6 is 0 Å². The molecule has 0 aromatic heterocycles. The number of carbonyl (C=O) groups is 3. The van der Waals surface area contributed by atoms with E-state index in [1.165, 1.54) is 4.90 Å². The number of nitrogens with zero attached hydrogens (tertiary/aromatic N) is 1. The number of carbonyl (C=O) groups excluding carboxylic acids is 3. The van der Waals surface area contributed by atoms with Gasteiger partial charge >= 0.3 is 17.9 Å². The van der Waals surface area contributed by atoms with Crippen LogP contribution in [0, 0.1) is 5.41 Å². The summed E-state index contributed by atoms with van der Waals surface area (Å²) in [6.45, 7) is 5.98. The summed E-state index contributed by atoms with van der Waals surface area (Å²) in [4.78, 5) is 36.2. The fraction of sp³-hybridized carbons (Fsp3) is 0.375. The summed E-state index contributed by atoms with van der Waals surface area (Å²) >= 11 is 0. The first-order valence-corrected chi connectivity index (χ1v) is 7.46. The van der Waals surface area contributed by atoms with Gasteiger partial charge in [-0.15, -0.1) is 0 Å². The van der Waals surface area contributed by atoms with Crippen molar-refractivity contribution in [3.8, 4) is 0 Å². The maximum absolute atomic E-state index is 11.8. The molecular formula is C16H20N4O4. The second-order valence-corrected chi connectivity index (χ2v) is 6.26. The zero-order chi connectivity index (χ0) is 17.9. The van der Waals surface area contributed by atoms with E-state index in [1.807, 2.05) is 0 Å². The Labute approximate surface area is 139 Å². The largest absolute Gasteiger partial charge is 0.444 e. The molecule has 1 aliphatic heterocycles. The van der Waals surface area contributed by atoms with Gasteiger partial charge in [0, 0.05) is 24.3 Å². The topological polar surface area (TPSA) is 112 Å². The SMILES string of the molecule is CC(C)(C)OC(=O)NC(=N)c1ccc(N2CCNC(=O)C2=O)cc1. The Balaban J connectivity index is 2.03. The quantitative estimate of drug-likeness (QED) is 0.426. The van der Waals surface area contributed by atoms with Crippen LogP contribution in [0.15, 0.2) is 24.3 Å². The van der Waals surface area contributed by atoms with Gasteiger partial charge in [0.25, 0.3) is 0 Å². The summed E-state index contributed by atoms with van der Waals surface area (Å²) in [5, 5.41) is 12.7. The molecule has 2 rings (SSSR count). The van der Waals surface area contributed by atoms with E-state index in [9.17, 15) is 14.4 Å². The van der Waals surface area contributed by atoms with Crippen molar-refractivity contribution in [1.29, 1.82) is 5.41 Å². The number of hydrogen-bond acceptors (Lipinski definition) is 5. The van der Waals surface area contributed by atoms with Crippen LogP contribution in [0.4, 0.5) is 10.5 Å². The van der Waals surface area contributed by atoms with Crippen LogP contribution in [0.2, 0.25) is 0 Å². The number of nitrogens with one attached hydrogen (secondary N) is 3. The van der Waals surface area contributed by atoms with Crippen molar-refractivity contribution in [3.05, 3.63) is 29.8 Å². The smallest absolute Gasteiger partial charge is 0.413 e. The van der Waals surface area contributed by atoms with Crippen molar-refractivity contribution in [2.75, 3.05) is 18.0 Å². The molecule has 3 N–H and O–H groups in total. The van der Waals surface area contributed by atoms with Gasteiger partial charge in [0.2, 0.25) is 0 Å². The van der Waals surface area contributed by atoms with E-state index in [2.05, 4.69) is 10.6 Å². The van der Waals surface area contributed by atoms with E-state index in [0.29, 0.717) is 24.3 Å². The predicted molar refractivity (Wildman–Crippen MR) is 88.0 cm³/mol. The van der Waals surface area contributed by atoms with Crippen LogP contribution in [0.5, 0.6) is 0 Å². The molecule has 1 saturated heterocycles. The zero-order valence-electron chi connectivity index (χ0n) is 13.8. The van der Waals surface area contributed by atoms with Gasteiger partial charge in [-0.3, -0.25) is 20.3 Å². The minimum absolute atomic E-state index is 0.112. The molecule has 24 heavy (non-hydrogen) atoms. The molecule has 0 radical (unpaired) electrons. The lowest BCUT2D eigenvalue weighted by molar-refractivity contribution is -0.138. The van der Waals surface area contributed by atoms with Crippen molar-refractivity contribution in [1.82, 2.24) is 10.6 Å². The first-order valence-electron chi connectivity index (χ1n) is 7.46. The van der Waals surface area contributed by atoms with Gasteiger partial charge in [0.05, 0.1) is 0 Å². The number of piperazine rings is 1. The summed E-state index contributed by atoms with van der Waals surface area (Å²) in [5.41, 5.74) is 0.367. The second kappa shape index (κ2) is 6.69. The van der Waals surface area contributed by atoms with Gasteiger partial charge in [0.15, 0.2) is 0 Å². The molecule has 0 bridgehead atoms. The Hall–Kier alpha value is -2.90. The molecule has 8 heteroatoms. The Kier molecular flexibility index (Phi) is 4.87. The molecule has 1 aliphatic rings. The van der Waals surface area contributed by atoms with Gasteiger partial charge in [-0.25, -0.2) is 4.79 Å². The van der Waals surface area contributed by atoms with Crippen molar-refractivity contribution in [2.45, 2.75) is 26.4 Å². The minimum atomic E-state index is -0.709. The van der Waals surface area contributed by atoms with Crippen LogP contribution in [-0.4, -0.2) is 42.4 Å². The lowest BCUT2D eigenvalue weighted by Crippen LogP contribution is -2.52. The number of benzene rings is 1. The van der Waals surface area contributed by atoms with E-state index in [0.717, 1.165) is 0 Å². The van der Waals surface area contributed by atoms with E-state index in [-0.39, 0.29) is 5.84 Å². The average molecular weight is 332 g/mol. The Morgan fingerprint density at radius 3 is 2.46 bits per heavy atom. The summed E-state index contributed by atoms with van der Waals surface area (Å²) in [5.74, 6) is -1.36. The van der Waals surface area contributed by atoms with Crippen molar-refractivity contribution < 1.29 is 19.1 Å². The third-order valence-electron chi connectivity index (χ3n) is 3.15. The molecule has 0 unspecified atom stereocenters. The molecule has 8 nitrogen and oxygen atoms in total. The van der Waals surface area contributed by atoms with Gasteiger partial charge in [0.1, 0.15) is 11.4 Å². The molecular weight excluding hydrogens is 312 g/mol. The highest BCUT2D eigenvalue weighted by Crippen LogP contribution is 2.17. The summed E-state index contributed by atoms with van der Waals surface area (Å²) in [7, 11) is 0. The Morgan fingerprint density at radius 2 is 1.88 bits per heavy atom. The summed E-state index contributed by atoms with van der Waals surface area (Å²) in [6.07, 6.45) is -0.709. The van der Waals surface area contributed by atoms with Crippen LogP contribution in [0.25, 0.3) is 0 Å². The Bertz CT molecular complexity index is 676. The maximum atomic E-state index is 11.8. The fourth-order valence-electron chi connectivity index (χ4n) is 2.11. The number of alkyl carbamates (subject to hydrolysis) is 1. The monoisotopic (exact) mass is 332 g/mol. The number of amides is 3. The van der Waals surface area contributed by atoms with E-state index in [1.54, 1.807) is 45.0 Å². The molecule has 0 aliphatic carbocycles. The van der Waals surface area contributed by atoms with Crippen LogP contribution in [-0.2, 0) is 14.3 Å². The Morgan fingerprint density at radius 1 is 1.25 bits per heavy atom. The van der Waals surface area contributed by atoms with Crippen molar-refractivity contribution >= 4 is 29.4 Å². The normalized spacial score (nSPS) is 14.9. The predicted octanol–water partition coefficient (Wildman–Crippen LogP) is 0.999.